The Balaban J connectivity index is 0.00000176. The van der Waals surface area contributed by atoms with Crippen LogP contribution in [-0.2, 0) is 6.42 Å². The van der Waals surface area contributed by atoms with Gasteiger partial charge >= 0.3 is 0 Å². The van der Waals surface area contributed by atoms with E-state index in [0.29, 0.717) is 5.92 Å². The molecule has 0 saturated carbocycles. The molecule has 0 nitrogen and oxygen atoms in total. The first-order chi connectivity index (χ1) is 15.4. The summed E-state index contributed by atoms with van der Waals surface area (Å²) in [6.07, 6.45) is 4.82. The lowest BCUT2D eigenvalue weighted by atomic mass is 9.92. The smallest absolute Gasteiger partial charge is 0.0649 e. The van der Waals surface area contributed by atoms with E-state index in [9.17, 15) is 0 Å². The Kier molecular flexibility index (Phi) is 12.0. The normalized spacial score (nSPS) is 14.6. The average molecular weight is 503 g/mol. The Morgan fingerprint density at radius 2 is 1.69 bits per heavy atom. The first-order valence-electron chi connectivity index (χ1n) is 11.8. The van der Waals surface area contributed by atoms with Gasteiger partial charge in [0.1, 0.15) is 0 Å². The predicted molar refractivity (Wildman–Crippen MR) is 155 cm³/mol. The third kappa shape index (κ3) is 7.97. The van der Waals surface area contributed by atoms with E-state index >= 15 is 0 Å². The molecule has 0 bridgehead atoms. The lowest BCUT2D eigenvalue weighted by Crippen LogP contribution is -1.99. The Hall–Kier alpha value is -0.680. The van der Waals surface area contributed by atoms with Crippen LogP contribution in [0.4, 0.5) is 0 Å². The number of rotatable bonds is 9. The fraction of sp³-hybridized carbons (Fsp3) is 0.429. The Labute approximate surface area is 214 Å². The first kappa shape index (κ1) is 27.6. The number of aryl methyl sites for hydroxylation is 1. The summed E-state index contributed by atoms with van der Waals surface area (Å²) < 4.78 is 2.52. The number of hydrogen-bond acceptors (Lipinski definition) is 4. The third-order valence-electron chi connectivity index (χ3n) is 5.44. The lowest BCUT2D eigenvalue weighted by Gasteiger charge is -2.17. The molecule has 0 fully saturated rings. The van der Waals surface area contributed by atoms with E-state index < -0.39 is 0 Å². The van der Waals surface area contributed by atoms with Gasteiger partial charge in [-0.15, -0.1) is 12.6 Å². The molecule has 3 rings (SSSR count). The highest BCUT2D eigenvalue weighted by molar-refractivity contribution is 8.38. The molecule has 0 N–H and O–H groups in total. The van der Waals surface area contributed by atoms with Crippen molar-refractivity contribution < 1.29 is 0 Å². The fourth-order valence-electron chi connectivity index (χ4n) is 3.45. The molecular formula is C28H38S4. The molecule has 0 spiro atoms. The summed E-state index contributed by atoms with van der Waals surface area (Å²) >= 11 is 9.94. The molecule has 1 atom stereocenters. The zero-order valence-electron chi connectivity index (χ0n) is 20.4. The minimum atomic E-state index is 0.579. The topological polar surface area (TPSA) is 0 Å². The van der Waals surface area contributed by atoms with Crippen molar-refractivity contribution in [2.24, 2.45) is 5.92 Å². The van der Waals surface area contributed by atoms with Crippen LogP contribution in [0.15, 0.2) is 67.3 Å². The van der Waals surface area contributed by atoms with Crippen molar-refractivity contribution in [1.82, 2.24) is 0 Å². The van der Waals surface area contributed by atoms with E-state index in [4.69, 9.17) is 0 Å². The molecule has 2 aromatic rings. The van der Waals surface area contributed by atoms with Gasteiger partial charge in [0.2, 0.25) is 0 Å². The zero-order valence-corrected chi connectivity index (χ0v) is 23.7. The first-order valence-corrected chi connectivity index (χ1v) is 14.7. The van der Waals surface area contributed by atoms with Crippen LogP contribution in [-0.4, -0.2) is 0 Å². The second-order valence-electron chi connectivity index (χ2n) is 8.30. The molecule has 0 saturated heterocycles. The van der Waals surface area contributed by atoms with Gasteiger partial charge in [0.25, 0.3) is 0 Å². The monoisotopic (exact) mass is 502 g/mol. The minimum absolute atomic E-state index is 0.579. The maximum Gasteiger partial charge on any atom is 0.0649 e. The summed E-state index contributed by atoms with van der Waals surface area (Å²) in [6, 6.07) is 15.6. The molecule has 1 unspecified atom stereocenters. The SMILES string of the molecule is C=C1SC(Sc2ccc(S)cc2)=C(c2cc(C(C)CC)ccc2CCCC(C)C)S1.CC. The third-order valence-corrected chi connectivity index (χ3v) is 9.37. The van der Waals surface area contributed by atoms with Gasteiger partial charge in [-0.25, -0.2) is 0 Å². The Morgan fingerprint density at radius 1 is 1.00 bits per heavy atom. The van der Waals surface area contributed by atoms with E-state index in [0.717, 1.165) is 23.7 Å². The summed E-state index contributed by atoms with van der Waals surface area (Å²) in [6.45, 7) is 17.5. The molecule has 4 heteroatoms. The molecule has 1 heterocycles. The van der Waals surface area contributed by atoms with Crippen LogP contribution in [0.3, 0.4) is 0 Å². The highest BCUT2D eigenvalue weighted by Crippen LogP contribution is 2.58. The van der Waals surface area contributed by atoms with Gasteiger partial charge in [-0.1, -0.05) is 108 Å². The maximum atomic E-state index is 4.42. The molecule has 174 valence electrons. The molecule has 1 aliphatic heterocycles. The van der Waals surface area contributed by atoms with Gasteiger partial charge in [0.05, 0.1) is 4.24 Å². The second-order valence-corrected chi connectivity index (χ2v) is 12.6. The van der Waals surface area contributed by atoms with Crippen molar-refractivity contribution >= 4 is 52.8 Å². The number of thioether (sulfide) groups is 3. The van der Waals surface area contributed by atoms with E-state index in [1.165, 1.54) is 47.8 Å². The molecular weight excluding hydrogens is 465 g/mol. The van der Waals surface area contributed by atoms with Gasteiger partial charge in [0.15, 0.2) is 0 Å². The van der Waals surface area contributed by atoms with Crippen LogP contribution in [0, 0.1) is 5.92 Å². The fourth-order valence-corrected chi connectivity index (χ4v) is 7.39. The average Bonchev–Trinajstić information content (AvgIpc) is 3.15. The van der Waals surface area contributed by atoms with E-state index in [-0.39, 0.29) is 0 Å². The summed E-state index contributed by atoms with van der Waals surface area (Å²) in [5, 5.41) is 0. The van der Waals surface area contributed by atoms with Crippen LogP contribution in [0.25, 0.3) is 4.91 Å². The van der Waals surface area contributed by atoms with Crippen molar-refractivity contribution in [3.8, 4) is 0 Å². The van der Waals surface area contributed by atoms with Crippen molar-refractivity contribution in [3.63, 3.8) is 0 Å². The van der Waals surface area contributed by atoms with Crippen molar-refractivity contribution in [2.75, 3.05) is 0 Å². The van der Waals surface area contributed by atoms with Gasteiger partial charge < -0.3 is 0 Å². The maximum absolute atomic E-state index is 4.42. The predicted octanol–water partition coefficient (Wildman–Crippen LogP) is 10.9. The van der Waals surface area contributed by atoms with Crippen LogP contribution in [0.1, 0.15) is 83.4 Å². The van der Waals surface area contributed by atoms with Gasteiger partial charge in [-0.3, -0.25) is 0 Å². The van der Waals surface area contributed by atoms with Crippen LogP contribution in [0.2, 0.25) is 0 Å². The minimum Gasteiger partial charge on any atom is -0.143 e. The molecule has 0 radical (unpaired) electrons. The largest absolute Gasteiger partial charge is 0.143 e. The van der Waals surface area contributed by atoms with Crippen molar-refractivity contribution in [3.05, 3.63) is 74.2 Å². The molecule has 32 heavy (non-hydrogen) atoms. The number of benzene rings is 2. The molecule has 2 aromatic carbocycles. The molecule has 0 aromatic heterocycles. The van der Waals surface area contributed by atoms with E-state index in [2.05, 4.69) is 89.4 Å². The summed E-state index contributed by atoms with van der Waals surface area (Å²) in [4.78, 5) is 3.64. The lowest BCUT2D eigenvalue weighted by molar-refractivity contribution is 0.555. The van der Waals surface area contributed by atoms with Crippen molar-refractivity contribution in [1.29, 1.82) is 0 Å². The summed E-state index contributed by atoms with van der Waals surface area (Å²) in [5.41, 5.74) is 4.34. The van der Waals surface area contributed by atoms with Crippen LogP contribution in [0.5, 0.6) is 0 Å². The highest BCUT2D eigenvalue weighted by Gasteiger charge is 2.24. The molecule has 0 amide bonds. The second kappa shape index (κ2) is 13.9. The van der Waals surface area contributed by atoms with Crippen LogP contribution >= 0.6 is 47.9 Å². The summed E-state index contributed by atoms with van der Waals surface area (Å²) in [5.74, 6) is 1.33. The van der Waals surface area contributed by atoms with E-state index in [1.807, 2.05) is 49.1 Å². The zero-order chi connectivity index (χ0) is 23.7. The van der Waals surface area contributed by atoms with Crippen molar-refractivity contribution in [2.45, 2.75) is 82.9 Å². The molecule has 0 aliphatic carbocycles. The van der Waals surface area contributed by atoms with Gasteiger partial charge in [-0.2, -0.15) is 0 Å². The number of thiol groups is 1. The summed E-state index contributed by atoms with van der Waals surface area (Å²) in [7, 11) is 0. The quantitative estimate of drug-likeness (QED) is 0.339. The van der Waals surface area contributed by atoms with Gasteiger partial charge in [0, 0.05) is 18.9 Å². The standard InChI is InChI=1S/C26H32S4.C2H6/c1-6-18(4)21-11-10-20(9-7-8-17(2)3)24(16-21)25-26(29-19(5)28-25)30-23-14-12-22(27)13-15-23;1-2/h10-18,27H,5-9H2,1-4H3;1-2H3. The van der Waals surface area contributed by atoms with E-state index in [1.54, 1.807) is 0 Å². The Morgan fingerprint density at radius 3 is 2.31 bits per heavy atom. The van der Waals surface area contributed by atoms with Crippen LogP contribution < -0.4 is 0 Å². The highest BCUT2D eigenvalue weighted by atomic mass is 32.2. The number of hydrogen-bond donors (Lipinski definition) is 1. The molecule has 1 aliphatic rings. The van der Waals surface area contributed by atoms with Gasteiger partial charge in [-0.05, 0) is 72.1 Å². The Bertz CT molecular complexity index is 910.